The topological polar surface area (TPSA) is 117 Å². The molecule has 0 saturated carbocycles. The van der Waals surface area contributed by atoms with E-state index in [0.29, 0.717) is 48.7 Å². The molecule has 3 aromatic carbocycles. The van der Waals surface area contributed by atoms with E-state index in [1.54, 1.807) is 53.4 Å². The molecule has 48 heavy (non-hydrogen) atoms. The first-order chi connectivity index (χ1) is 23.0. The predicted molar refractivity (Wildman–Crippen MR) is 176 cm³/mol. The molecular weight excluding hydrogens is 645 g/mol. The second kappa shape index (κ2) is 14.2. The van der Waals surface area contributed by atoms with Gasteiger partial charge < -0.3 is 19.9 Å². The highest BCUT2D eigenvalue weighted by Crippen LogP contribution is 2.33. The van der Waals surface area contributed by atoms with Crippen LogP contribution in [0.25, 0.3) is 0 Å². The lowest BCUT2D eigenvalue weighted by Crippen LogP contribution is -2.44. The number of halogens is 3. The molecule has 2 saturated heterocycles. The minimum Gasteiger partial charge on any atom is -0.438 e. The minimum atomic E-state index is -4.57. The average Bonchev–Trinajstić information content (AvgIpc) is 3.09. The van der Waals surface area contributed by atoms with Crippen LogP contribution in [-0.4, -0.2) is 68.7 Å². The van der Waals surface area contributed by atoms with Gasteiger partial charge in [-0.3, -0.25) is 9.52 Å². The van der Waals surface area contributed by atoms with E-state index in [1.165, 1.54) is 0 Å². The summed E-state index contributed by atoms with van der Waals surface area (Å²) in [5, 5.41) is 9.98. The Morgan fingerprint density at radius 3 is 2.25 bits per heavy atom. The first kappa shape index (κ1) is 33.2. The maximum atomic E-state index is 13.7. The van der Waals surface area contributed by atoms with E-state index in [9.17, 15) is 26.4 Å². The summed E-state index contributed by atoms with van der Waals surface area (Å²) >= 11 is 0. The third-order valence-corrected chi connectivity index (χ3v) is 9.70. The monoisotopic (exact) mass is 680 g/mol. The number of likely N-dealkylation sites (tertiary alicyclic amines) is 1. The van der Waals surface area contributed by atoms with Gasteiger partial charge in [-0.2, -0.15) is 13.2 Å². The molecule has 2 N–H and O–H groups in total. The van der Waals surface area contributed by atoms with Crippen molar-refractivity contribution in [3.8, 4) is 11.6 Å². The van der Waals surface area contributed by atoms with Gasteiger partial charge in [0.05, 0.1) is 17.1 Å². The lowest BCUT2D eigenvalue weighted by Gasteiger charge is -2.33. The SMILES string of the molecule is O=C(c1ccc(N2CCNCC2)c(NS(=O)(=O)Cc2ccccc2)c1)N1CCC(c2ccc(Oc3ccc(C(F)(F)F)nn3)cc2)CC1. The quantitative estimate of drug-likeness (QED) is 0.233. The molecule has 0 bridgehead atoms. The van der Waals surface area contributed by atoms with Crippen molar-refractivity contribution in [2.24, 2.45) is 0 Å². The Morgan fingerprint density at radius 2 is 1.60 bits per heavy atom. The molecule has 14 heteroatoms. The Morgan fingerprint density at radius 1 is 0.896 bits per heavy atom. The van der Waals surface area contributed by atoms with Crippen LogP contribution in [0, 0.1) is 0 Å². The van der Waals surface area contributed by atoms with Crippen LogP contribution in [0.15, 0.2) is 84.9 Å². The summed E-state index contributed by atoms with van der Waals surface area (Å²) in [5.74, 6) is 0.224. The number of carbonyl (C=O) groups excluding carboxylic acids is 1. The third-order valence-electron chi connectivity index (χ3n) is 8.45. The number of nitrogens with one attached hydrogen (secondary N) is 2. The van der Waals surface area contributed by atoms with Gasteiger partial charge in [0.2, 0.25) is 15.9 Å². The number of carbonyl (C=O) groups is 1. The molecule has 2 aliphatic rings. The van der Waals surface area contributed by atoms with Gasteiger partial charge in [-0.1, -0.05) is 42.5 Å². The summed E-state index contributed by atoms with van der Waals surface area (Å²) in [6.07, 6.45) is -3.12. The minimum absolute atomic E-state index is 0.0457. The van der Waals surface area contributed by atoms with Crippen LogP contribution >= 0.6 is 0 Å². The molecule has 10 nitrogen and oxygen atoms in total. The van der Waals surface area contributed by atoms with Crippen molar-refractivity contribution in [1.29, 1.82) is 0 Å². The molecule has 4 aromatic rings. The zero-order valence-electron chi connectivity index (χ0n) is 26.0. The number of rotatable bonds is 9. The van der Waals surface area contributed by atoms with Gasteiger partial charge in [0.1, 0.15) is 5.75 Å². The maximum Gasteiger partial charge on any atom is 0.435 e. The summed E-state index contributed by atoms with van der Waals surface area (Å²) in [6.45, 7) is 4.02. The Balaban J connectivity index is 1.10. The van der Waals surface area contributed by atoms with Gasteiger partial charge in [0, 0.05) is 50.9 Å². The number of sulfonamides is 1. The molecule has 2 fully saturated rings. The Labute approximate surface area is 277 Å². The molecule has 0 aliphatic carbocycles. The summed E-state index contributed by atoms with van der Waals surface area (Å²) in [5.41, 5.74) is 2.17. The van der Waals surface area contributed by atoms with Gasteiger partial charge in [0.25, 0.3) is 5.91 Å². The number of hydrogen-bond acceptors (Lipinski definition) is 8. The number of amides is 1. The van der Waals surface area contributed by atoms with Crippen molar-refractivity contribution in [3.05, 3.63) is 107 Å². The summed E-state index contributed by atoms with van der Waals surface area (Å²) in [7, 11) is -3.76. The van der Waals surface area contributed by atoms with E-state index in [0.717, 1.165) is 49.3 Å². The fraction of sp³-hybridized carbons (Fsp3) is 0.324. The molecule has 2 aliphatic heterocycles. The number of aromatic nitrogens is 2. The number of piperazine rings is 1. The normalized spacial score (nSPS) is 16.1. The zero-order chi connectivity index (χ0) is 33.7. The molecule has 3 heterocycles. The lowest BCUT2D eigenvalue weighted by molar-refractivity contribution is -0.141. The van der Waals surface area contributed by atoms with E-state index < -0.39 is 21.9 Å². The third kappa shape index (κ3) is 8.23. The number of alkyl halides is 3. The molecule has 0 atom stereocenters. The van der Waals surface area contributed by atoms with E-state index in [1.807, 2.05) is 24.3 Å². The first-order valence-electron chi connectivity index (χ1n) is 15.7. The number of piperidine rings is 1. The fourth-order valence-electron chi connectivity index (χ4n) is 5.98. The first-order valence-corrected chi connectivity index (χ1v) is 17.3. The highest BCUT2D eigenvalue weighted by Gasteiger charge is 2.33. The van der Waals surface area contributed by atoms with Crippen LogP contribution in [0.3, 0.4) is 0 Å². The van der Waals surface area contributed by atoms with Crippen LogP contribution < -0.4 is 19.7 Å². The van der Waals surface area contributed by atoms with Crippen molar-refractivity contribution in [2.75, 3.05) is 48.9 Å². The van der Waals surface area contributed by atoms with E-state index in [4.69, 9.17) is 4.74 Å². The van der Waals surface area contributed by atoms with Gasteiger partial charge in [-0.25, -0.2) is 8.42 Å². The number of hydrogen-bond donors (Lipinski definition) is 2. The summed E-state index contributed by atoms with van der Waals surface area (Å²) in [6, 6.07) is 23.4. The molecule has 1 amide bonds. The van der Waals surface area contributed by atoms with Gasteiger partial charge in [-0.05, 0) is 66.3 Å². The maximum absolute atomic E-state index is 13.7. The highest BCUT2D eigenvalue weighted by molar-refractivity contribution is 7.91. The molecule has 1 aromatic heterocycles. The lowest BCUT2D eigenvalue weighted by atomic mass is 9.89. The smallest absolute Gasteiger partial charge is 0.435 e. The van der Waals surface area contributed by atoms with Crippen molar-refractivity contribution in [2.45, 2.75) is 30.7 Å². The van der Waals surface area contributed by atoms with E-state index >= 15 is 0 Å². The molecule has 0 spiro atoms. The molecule has 0 unspecified atom stereocenters. The van der Waals surface area contributed by atoms with Crippen LogP contribution in [0.2, 0.25) is 0 Å². The van der Waals surface area contributed by atoms with E-state index in [2.05, 4.69) is 25.1 Å². The highest BCUT2D eigenvalue weighted by atomic mass is 32.2. The summed E-state index contributed by atoms with van der Waals surface area (Å²) in [4.78, 5) is 17.6. The van der Waals surface area contributed by atoms with Gasteiger partial charge in [0.15, 0.2) is 5.69 Å². The second-order valence-electron chi connectivity index (χ2n) is 11.8. The van der Waals surface area contributed by atoms with Crippen molar-refractivity contribution < 1.29 is 31.1 Å². The molecular formula is C34H35F3N6O4S. The van der Waals surface area contributed by atoms with Crippen LogP contribution in [0.5, 0.6) is 11.6 Å². The Kier molecular flexibility index (Phi) is 9.83. The number of ether oxygens (including phenoxy) is 1. The van der Waals surface area contributed by atoms with Crippen molar-refractivity contribution in [1.82, 2.24) is 20.4 Å². The number of benzene rings is 3. The van der Waals surface area contributed by atoms with Crippen LogP contribution in [0.1, 0.15) is 45.9 Å². The number of anilines is 2. The van der Waals surface area contributed by atoms with Crippen molar-refractivity contribution >= 4 is 27.3 Å². The Bertz CT molecular complexity index is 1810. The average molecular weight is 681 g/mol. The standard InChI is InChI=1S/C34H35F3N6O4S/c35-34(36,37)31-12-13-32(40-39-31)47-28-9-6-25(7-10-28)26-14-18-43(19-15-26)33(44)27-8-11-30(42-20-16-38-17-21-42)29(22-27)41-48(45,46)23-24-4-2-1-3-5-24/h1-13,22,26,38,41H,14-21,23H2. The molecule has 252 valence electrons. The predicted octanol–water partition coefficient (Wildman–Crippen LogP) is 5.66. The zero-order valence-corrected chi connectivity index (χ0v) is 26.8. The molecule has 0 radical (unpaired) electrons. The Hall–Kier alpha value is -4.69. The largest absolute Gasteiger partial charge is 0.438 e. The number of nitrogens with zero attached hydrogens (tertiary/aromatic N) is 4. The fourth-order valence-corrected chi connectivity index (χ4v) is 7.18. The van der Waals surface area contributed by atoms with Gasteiger partial charge >= 0.3 is 6.18 Å². The van der Waals surface area contributed by atoms with Gasteiger partial charge in [-0.15, -0.1) is 10.2 Å². The second-order valence-corrected chi connectivity index (χ2v) is 13.5. The van der Waals surface area contributed by atoms with Crippen LogP contribution in [-0.2, 0) is 22.0 Å². The van der Waals surface area contributed by atoms with Crippen LogP contribution in [0.4, 0.5) is 24.5 Å². The summed E-state index contributed by atoms with van der Waals surface area (Å²) < 4.78 is 73.0. The van der Waals surface area contributed by atoms with E-state index in [-0.39, 0.29) is 23.5 Å². The molecule has 6 rings (SSSR count). The van der Waals surface area contributed by atoms with Crippen molar-refractivity contribution in [3.63, 3.8) is 0 Å².